The van der Waals surface area contributed by atoms with E-state index in [9.17, 15) is 13.6 Å². The van der Waals surface area contributed by atoms with Crippen LogP contribution in [0, 0.1) is 18.3 Å². The lowest BCUT2D eigenvalue weighted by Gasteiger charge is -2.27. The normalized spacial score (nSPS) is 42.7. The number of hydrogen-bond donors (Lipinski definition) is 1. The number of carbonyl (C=O) groups excluding carboxylic acids is 1. The number of hydrogen-bond acceptors (Lipinski definition) is 2. The maximum absolute atomic E-state index is 13.6. The van der Waals surface area contributed by atoms with Crippen molar-refractivity contribution in [3.8, 4) is 0 Å². The van der Waals surface area contributed by atoms with Gasteiger partial charge < -0.3 is 5.32 Å². The SMILES string of the molecule is O=C(CC1CC[CH+]CC1(F)F)[C@@H]1C[C@H]2C[C@H]2N1. The molecule has 3 rings (SSSR count). The van der Waals surface area contributed by atoms with Crippen molar-refractivity contribution in [2.45, 2.75) is 56.5 Å². The molecule has 4 heteroatoms. The molecule has 1 heterocycles. The first kappa shape index (κ1) is 11.5. The van der Waals surface area contributed by atoms with Crippen molar-refractivity contribution in [3.05, 3.63) is 6.42 Å². The third kappa shape index (κ3) is 2.19. The number of ketones is 1. The van der Waals surface area contributed by atoms with Gasteiger partial charge in [-0.3, -0.25) is 4.79 Å². The Bertz CT molecular complexity index is 321. The monoisotopic (exact) mass is 242 g/mol. The van der Waals surface area contributed by atoms with Crippen molar-refractivity contribution < 1.29 is 13.6 Å². The number of piperidine rings is 1. The summed E-state index contributed by atoms with van der Waals surface area (Å²) in [6, 6.07) is 0.365. The van der Waals surface area contributed by atoms with Crippen molar-refractivity contribution in [1.82, 2.24) is 5.32 Å². The largest absolute Gasteiger partial charge is 0.304 e. The second-order valence-corrected chi connectivity index (χ2v) is 5.76. The molecule has 0 bridgehead atoms. The fraction of sp³-hybridized carbons (Fsp3) is 0.846. The topological polar surface area (TPSA) is 29.1 Å². The Labute approximate surface area is 100 Å². The lowest BCUT2D eigenvalue weighted by molar-refractivity contribution is -0.128. The van der Waals surface area contributed by atoms with E-state index in [-0.39, 0.29) is 24.7 Å². The predicted octanol–water partition coefficient (Wildman–Crippen LogP) is 2.34. The summed E-state index contributed by atoms with van der Waals surface area (Å²) < 4.78 is 27.2. The van der Waals surface area contributed by atoms with E-state index < -0.39 is 11.8 Å². The highest BCUT2D eigenvalue weighted by Gasteiger charge is 2.50. The van der Waals surface area contributed by atoms with E-state index in [1.54, 1.807) is 6.42 Å². The highest BCUT2D eigenvalue weighted by Crippen LogP contribution is 2.43. The van der Waals surface area contributed by atoms with Gasteiger partial charge in [0.2, 0.25) is 0 Å². The quantitative estimate of drug-likeness (QED) is 0.770. The smallest absolute Gasteiger partial charge is 0.290 e. The third-order valence-corrected chi connectivity index (χ3v) is 4.45. The van der Waals surface area contributed by atoms with E-state index in [2.05, 4.69) is 5.32 Å². The minimum absolute atomic E-state index is 0.00350. The molecule has 1 aliphatic heterocycles. The van der Waals surface area contributed by atoms with Gasteiger partial charge in [0.1, 0.15) is 5.78 Å². The molecule has 1 saturated heterocycles. The summed E-state index contributed by atoms with van der Waals surface area (Å²) in [5, 5.41) is 3.24. The predicted molar refractivity (Wildman–Crippen MR) is 59.6 cm³/mol. The Hall–Kier alpha value is -0.640. The molecule has 94 valence electrons. The molecule has 2 aliphatic carbocycles. The van der Waals surface area contributed by atoms with E-state index in [1.807, 2.05) is 0 Å². The molecule has 1 unspecified atom stereocenters. The molecule has 4 atom stereocenters. The van der Waals surface area contributed by atoms with Crippen LogP contribution >= 0.6 is 0 Å². The van der Waals surface area contributed by atoms with Crippen molar-refractivity contribution in [1.29, 1.82) is 0 Å². The zero-order valence-corrected chi connectivity index (χ0v) is 9.79. The molecular formula is C13H18F2NO+. The van der Waals surface area contributed by atoms with Crippen LogP contribution in [0.3, 0.4) is 0 Å². The van der Waals surface area contributed by atoms with Gasteiger partial charge in [-0.15, -0.1) is 0 Å². The summed E-state index contributed by atoms with van der Waals surface area (Å²) in [6.45, 7) is 0. The van der Waals surface area contributed by atoms with Gasteiger partial charge in [-0.05, 0) is 25.2 Å². The van der Waals surface area contributed by atoms with Crippen LogP contribution in [0.25, 0.3) is 0 Å². The third-order valence-electron chi connectivity index (χ3n) is 4.45. The summed E-state index contributed by atoms with van der Waals surface area (Å²) in [4.78, 5) is 12.0. The first-order valence-electron chi connectivity index (χ1n) is 6.54. The van der Waals surface area contributed by atoms with Crippen LogP contribution in [0.15, 0.2) is 0 Å². The molecule has 2 saturated carbocycles. The second kappa shape index (κ2) is 3.94. The number of carbonyl (C=O) groups is 1. The van der Waals surface area contributed by atoms with E-state index in [4.69, 9.17) is 0 Å². The number of rotatable bonds is 3. The summed E-state index contributed by atoms with van der Waals surface area (Å²) in [5.74, 6) is -2.76. The van der Waals surface area contributed by atoms with Gasteiger partial charge in [0.05, 0.1) is 18.9 Å². The zero-order valence-electron chi connectivity index (χ0n) is 9.79. The van der Waals surface area contributed by atoms with Gasteiger partial charge in [0.15, 0.2) is 6.42 Å². The van der Waals surface area contributed by atoms with Gasteiger partial charge in [0.25, 0.3) is 5.92 Å². The van der Waals surface area contributed by atoms with Gasteiger partial charge in [-0.1, -0.05) is 0 Å². The molecule has 0 aromatic rings. The Balaban J connectivity index is 1.56. The maximum atomic E-state index is 13.6. The van der Waals surface area contributed by atoms with Gasteiger partial charge in [-0.2, -0.15) is 0 Å². The van der Waals surface area contributed by atoms with Gasteiger partial charge in [0, 0.05) is 18.4 Å². The Kier molecular flexibility index (Phi) is 2.65. The number of alkyl halides is 2. The van der Waals surface area contributed by atoms with E-state index in [1.165, 1.54) is 6.42 Å². The number of Topliss-reactive ketones (excluding diaryl/α,β-unsaturated/α-hetero) is 1. The van der Waals surface area contributed by atoms with Crippen LogP contribution in [-0.2, 0) is 4.79 Å². The average Bonchev–Trinajstić information content (AvgIpc) is 2.88. The number of nitrogens with one attached hydrogen (secondary N) is 1. The second-order valence-electron chi connectivity index (χ2n) is 5.76. The summed E-state index contributed by atoms with van der Waals surface area (Å²) in [5.41, 5.74) is 0. The number of halogens is 2. The molecule has 0 amide bonds. The van der Waals surface area contributed by atoms with Crippen molar-refractivity contribution in [2.24, 2.45) is 11.8 Å². The van der Waals surface area contributed by atoms with Gasteiger partial charge >= 0.3 is 0 Å². The van der Waals surface area contributed by atoms with Crippen molar-refractivity contribution >= 4 is 5.78 Å². The Morgan fingerprint density at radius 3 is 2.88 bits per heavy atom. The van der Waals surface area contributed by atoms with E-state index in [0.717, 1.165) is 12.8 Å². The molecule has 3 aliphatic rings. The molecule has 0 radical (unpaired) electrons. The standard InChI is InChI=1S/C13H18F2NO/c14-13(15)4-2-1-3-9(13)7-12(17)11-6-8-5-10(8)16-11/h2,8-11,16H,1,3-7H2/q+1/t8-,9?,10-,11+/m1/s1. The van der Waals surface area contributed by atoms with Crippen LogP contribution < -0.4 is 5.32 Å². The zero-order chi connectivity index (χ0) is 12.0. The Morgan fingerprint density at radius 1 is 1.41 bits per heavy atom. The van der Waals surface area contributed by atoms with Gasteiger partial charge in [-0.25, -0.2) is 8.78 Å². The summed E-state index contributed by atoms with van der Waals surface area (Å²) in [7, 11) is 0. The molecule has 0 spiro atoms. The summed E-state index contributed by atoms with van der Waals surface area (Å²) in [6.07, 6.45) is 4.75. The molecule has 3 fully saturated rings. The van der Waals surface area contributed by atoms with E-state index in [0.29, 0.717) is 18.4 Å². The van der Waals surface area contributed by atoms with Crippen LogP contribution in [-0.4, -0.2) is 23.8 Å². The van der Waals surface area contributed by atoms with Crippen molar-refractivity contribution in [2.75, 3.05) is 0 Å². The highest BCUT2D eigenvalue weighted by atomic mass is 19.3. The first-order valence-corrected chi connectivity index (χ1v) is 6.54. The molecule has 0 aromatic carbocycles. The molecule has 2 nitrogen and oxygen atoms in total. The summed E-state index contributed by atoms with van der Waals surface area (Å²) >= 11 is 0. The molecule has 17 heavy (non-hydrogen) atoms. The molecular weight excluding hydrogens is 224 g/mol. The molecule has 0 aromatic heterocycles. The minimum Gasteiger partial charge on any atom is -0.304 e. The van der Waals surface area contributed by atoms with Crippen LogP contribution in [0.5, 0.6) is 0 Å². The fourth-order valence-corrected chi connectivity index (χ4v) is 3.19. The highest BCUT2D eigenvalue weighted by molar-refractivity contribution is 5.85. The molecule has 1 N–H and O–H groups in total. The van der Waals surface area contributed by atoms with Crippen molar-refractivity contribution in [3.63, 3.8) is 0 Å². The van der Waals surface area contributed by atoms with E-state index >= 15 is 0 Å². The minimum atomic E-state index is -2.67. The maximum Gasteiger partial charge on any atom is 0.290 e. The fourth-order valence-electron chi connectivity index (χ4n) is 3.19. The average molecular weight is 242 g/mol. The first-order chi connectivity index (χ1) is 8.06. The number of fused-ring (bicyclic) bond motifs is 1. The van der Waals surface area contributed by atoms with Crippen LogP contribution in [0.2, 0.25) is 0 Å². The lowest BCUT2D eigenvalue weighted by atomic mass is 9.81. The van der Waals surface area contributed by atoms with Crippen LogP contribution in [0.1, 0.15) is 38.5 Å². The lowest BCUT2D eigenvalue weighted by Crippen LogP contribution is -2.39. The van der Waals surface area contributed by atoms with Crippen LogP contribution in [0.4, 0.5) is 8.78 Å². The Morgan fingerprint density at radius 2 is 2.24 bits per heavy atom.